The zero-order valence-electron chi connectivity index (χ0n) is 18.9. The number of aliphatic imine (C=N–C) groups is 1. The number of hydrogen-bond acceptors (Lipinski definition) is 4. The van der Waals surface area contributed by atoms with Crippen LogP contribution in [-0.2, 0) is 4.74 Å². The molecular formula is C22H37F2N5O. The van der Waals surface area contributed by atoms with Crippen molar-refractivity contribution in [3.63, 3.8) is 0 Å². The summed E-state index contributed by atoms with van der Waals surface area (Å²) in [6, 6.07) is 3.84. The first-order valence-electron chi connectivity index (χ1n) is 10.7. The van der Waals surface area contributed by atoms with Crippen LogP contribution in [0.1, 0.15) is 38.3 Å². The Bertz CT molecular complexity index is 655. The Kier molecular flexibility index (Phi) is 9.94. The van der Waals surface area contributed by atoms with Gasteiger partial charge in [0.1, 0.15) is 11.6 Å². The number of benzene rings is 1. The fourth-order valence-corrected chi connectivity index (χ4v) is 3.67. The third-order valence-corrected chi connectivity index (χ3v) is 5.43. The van der Waals surface area contributed by atoms with Gasteiger partial charge < -0.3 is 25.2 Å². The van der Waals surface area contributed by atoms with E-state index < -0.39 is 17.7 Å². The maximum absolute atomic E-state index is 14.3. The fourth-order valence-electron chi connectivity index (χ4n) is 3.67. The fraction of sp³-hybridized carbons (Fsp3) is 0.682. The molecule has 30 heavy (non-hydrogen) atoms. The molecule has 2 rings (SSSR count). The molecule has 1 saturated heterocycles. The monoisotopic (exact) mass is 425 g/mol. The highest BCUT2D eigenvalue weighted by atomic mass is 19.1. The van der Waals surface area contributed by atoms with Crippen molar-refractivity contribution in [2.45, 2.75) is 44.9 Å². The normalized spacial score (nSPS) is 17.6. The molecule has 0 aliphatic carbocycles. The van der Waals surface area contributed by atoms with Gasteiger partial charge in [0.25, 0.3) is 0 Å². The molecule has 0 spiro atoms. The summed E-state index contributed by atoms with van der Waals surface area (Å²) in [5.41, 5.74) is 0.0716. The summed E-state index contributed by atoms with van der Waals surface area (Å²) in [6.07, 6.45) is 2.30. The van der Waals surface area contributed by atoms with Crippen molar-refractivity contribution in [1.29, 1.82) is 0 Å². The molecule has 1 unspecified atom stereocenters. The van der Waals surface area contributed by atoms with Crippen molar-refractivity contribution in [3.05, 3.63) is 35.4 Å². The molecule has 6 nitrogen and oxygen atoms in total. The van der Waals surface area contributed by atoms with Crippen LogP contribution < -0.4 is 10.6 Å². The predicted molar refractivity (Wildman–Crippen MR) is 118 cm³/mol. The zero-order chi connectivity index (χ0) is 22.1. The van der Waals surface area contributed by atoms with E-state index in [-0.39, 0.29) is 11.7 Å². The minimum atomic E-state index is -0.535. The summed E-state index contributed by atoms with van der Waals surface area (Å²) in [4.78, 5) is 8.52. The summed E-state index contributed by atoms with van der Waals surface area (Å²) < 4.78 is 34.1. The van der Waals surface area contributed by atoms with Gasteiger partial charge in [-0.2, -0.15) is 0 Å². The van der Waals surface area contributed by atoms with E-state index in [4.69, 9.17) is 4.74 Å². The molecule has 0 aromatic heterocycles. The van der Waals surface area contributed by atoms with Crippen molar-refractivity contribution in [2.75, 3.05) is 53.9 Å². The SMILES string of the molecule is CN=C(NCC(c1c(F)cccc1F)N(C)C)NC1CCN(CCOC(C)C)CC1. The Morgan fingerprint density at radius 1 is 1.23 bits per heavy atom. The lowest BCUT2D eigenvalue weighted by Crippen LogP contribution is -2.50. The predicted octanol–water partition coefficient (Wildman–Crippen LogP) is 2.62. The molecule has 0 bridgehead atoms. The quantitative estimate of drug-likeness (QED) is 0.471. The second-order valence-corrected chi connectivity index (χ2v) is 8.25. The summed E-state index contributed by atoms with van der Waals surface area (Å²) in [5, 5.41) is 6.69. The van der Waals surface area contributed by atoms with Gasteiger partial charge in [-0.3, -0.25) is 4.99 Å². The van der Waals surface area contributed by atoms with Crippen LogP contribution in [0.3, 0.4) is 0 Å². The summed E-state index contributed by atoms with van der Waals surface area (Å²) in [5.74, 6) is -0.417. The molecule has 0 radical (unpaired) electrons. The van der Waals surface area contributed by atoms with E-state index in [1.165, 1.54) is 18.2 Å². The second kappa shape index (κ2) is 12.2. The second-order valence-electron chi connectivity index (χ2n) is 8.25. The minimum absolute atomic E-state index is 0.0716. The number of piperidine rings is 1. The molecule has 1 heterocycles. The van der Waals surface area contributed by atoms with Crippen molar-refractivity contribution < 1.29 is 13.5 Å². The Labute approximate surface area is 179 Å². The lowest BCUT2D eigenvalue weighted by molar-refractivity contribution is 0.0532. The van der Waals surface area contributed by atoms with E-state index in [0.717, 1.165) is 39.1 Å². The van der Waals surface area contributed by atoms with Gasteiger partial charge in [-0.05, 0) is 52.9 Å². The molecule has 2 N–H and O–H groups in total. The molecule has 1 fully saturated rings. The number of nitrogens with one attached hydrogen (secondary N) is 2. The molecule has 170 valence electrons. The van der Waals surface area contributed by atoms with Crippen LogP contribution in [0, 0.1) is 11.6 Å². The van der Waals surface area contributed by atoms with Crippen LogP contribution in [-0.4, -0.2) is 81.8 Å². The summed E-state index contributed by atoms with van der Waals surface area (Å²) in [7, 11) is 5.34. The molecule has 8 heteroatoms. The minimum Gasteiger partial charge on any atom is -0.377 e. The van der Waals surface area contributed by atoms with Gasteiger partial charge >= 0.3 is 0 Å². The zero-order valence-corrected chi connectivity index (χ0v) is 18.9. The van der Waals surface area contributed by atoms with Crippen molar-refractivity contribution >= 4 is 5.96 Å². The Morgan fingerprint density at radius 3 is 2.40 bits per heavy atom. The number of likely N-dealkylation sites (N-methyl/N-ethyl adjacent to an activating group) is 1. The number of ether oxygens (including phenoxy) is 1. The van der Waals surface area contributed by atoms with Crippen LogP contribution in [0.2, 0.25) is 0 Å². The Morgan fingerprint density at radius 2 is 1.87 bits per heavy atom. The lowest BCUT2D eigenvalue weighted by Gasteiger charge is -2.33. The molecule has 0 amide bonds. The molecular weight excluding hydrogens is 388 g/mol. The van der Waals surface area contributed by atoms with Crippen LogP contribution in [0.4, 0.5) is 8.78 Å². The highest BCUT2D eigenvalue weighted by molar-refractivity contribution is 5.80. The van der Waals surface area contributed by atoms with Gasteiger partial charge in [0.15, 0.2) is 5.96 Å². The van der Waals surface area contributed by atoms with Gasteiger partial charge in [0, 0.05) is 44.8 Å². The molecule has 1 aromatic carbocycles. The van der Waals surface area contributed by atoms with Crippen molar-refractivity contribution in [3.8, 4) is 0 Å². The maximum atomic E-state index is 14.3. The van der Waals surface area contributed by atoms with Gasteiger partial charge in [-0.25, -0.2) is 8.78 Å². The van der Waals surface area contributed by atoms with E-state index >= 15 is 0 Å². The number of likely N-dealkylation sites (tertiary alicyclic amines) is 1. The van der Waals surface area contributed by atoms with E-state index in [1.807, 2.05) is 14.1 Å². The van der Waals surface area contributed by atoms with Crippen LogP contribution in [0.5, 0.6) is 0 Å². The highest BCUT2D eigenvalue weighted by Gasteiger charge is 2.24. The molecule has 0 saturated carbocycles. The molecule has 1 aliphatic rings. The van der Waals surface area contributed by atoms with E-state index in [0.29, 0.717) is 18.5 Å². The first kappa shape index (κ1) is 24.5. The standard InChI is InChI=1S/C22H37F2N5O/c1-16(2)30-14-13-29-11-9-17(10-12-29)27-22(25-3)26-15-20(28(4)5)21-18(23)7-6-8-19(21)24/h6-8,16-17,20H,9-15H2,1-5H3,(H2,25,26,27). The summed E-state index contributed by atoms with van der Waals surface area (Å²) >= 11 is 0. The smallest absolute Gasteiger partial charge is 0.191 e. The Hall–Kier alpha value is -1.77. The number of rotatable bonds is 9. The van der Waals surface area contributed by atoms with E-state index in [1.54, 1.807) is 11.9 Å². The van der Waals surface area contributed by atoms with Crippen molar-refractivity contribution in [2.24, 2.45) is 4.99 Å². The van der Waals surface area contributed by atoms with Crippen LogP contribution in [0.25, 0.3) is 0 Å². The number of guanidine groups is 1. The van der Waals surface area contributed by atoms with Gasteiger partial charge in [0.05, 0.1) is 18.8 Å². The third kappa shape index (κ3) is 7.49. The topological polar surface area (TPSA) is 52.1 Å². The third-order valence-electron chi connectivity index (χ3n) is 5.43. The van der Waals surface area contributed by atoms with E-state index in [9.17, 15) is 8.78 Å². The van der Waals surface area contributed by atoms with E-state index in [2.05, 4.69) is 34.4 Å². The van der Waals surface area contributed by atoms with Gasteiger partial charge in [0.2, 0.25) is 0 Å². The average Bonchev–Trinajstić information content (AvgIpc) is 2.69. The van der Waals surface area contributed by atoms with Crippen LogP contribution >= 0.6 is 0 Å². The molecule has 1 aliphatic heterocycles. The molecule has 1 aromatic rings. The number of hydrogen-bond donors (Lipinski definition) is 2. The van der Waals surface area contributed by atoms with Gasteiger partial charge in [-0.1, -0.05) is 6.07 Å². The number of nitrogens with zero attached hydrogens (tertiary/aromatic N) is 3. The number of halogens is 2. The first-order chi connectivity index (χ1) is 14.3. The summed E-state index contributed by atoms with van der Waals surface area (Å²) in [6.45, 7) is 8.18. The average molecular weight is 426 g/mol. The molecule has 1 atom stereocenters. The lowest BCUT2D eigenvalue weighted by atomic mass is 10.0. The van der Waals surface area contributed by atoms with Crippen molar-refractivity contribution in [1.82, 2.24) is 20.4 Å². The highest BCUT2D eigenvalue weighted by Crippen LogP contribution is 2.23. The Balaban J connectivity index is 1.84. The van der Waals surface area contributed by atoms with Crippen LogP contribution in [0.15, 0.2) is 23.2 Å². The first-order valence-corrected chi connectivity index (χ1v) is 10.7. The van der Waals surface area contributed by atoms with Gasteiger partial charge in [-0.15, -0.1) is 0 Å². The largest absolute Gasteiger partial charge is 0.377 e. The maximum Gasteiger partial charge on any atom is 0.191 e.